The number of carbonyl (C=O) groups is 1. The van der Waals surface area contributed by atoms with Crippen LogP contribution in [-0.4, -0.2) is 28.5 Å². The molecule has 2 N–H and O–H groups in total. The Labute approximate surface area is 91.4 Å². The lowest BCUT2D eigenvalue weighted by molar-refractivity contribution is 0.256. The number of nitrogens with one attached hydrogen (secondary N) is 2. The number of amides is 2. The van der Waals surface area contributed by atoms with Crippen LogP contribution in [-0.2, 0) is 0 Å². The molecule has 0 saturated carbocycles. The molecule has 15 heavy (non-hydrogen) atoms. The van der Waals surface area contributed by atoms with E-state index in [4.69, 9.17) is 0 Å². The standard InChI is InChI=1S/C9H10N4OS/c14-8(13-9-11-4-5-15-9)12-7-2-1-3-10-6-7/h1-3,6H,4-5H2,(H2,11,12,13,14). The van der Waals surface area contributed by atoms with Gasteiger partial charge in [0, 0.05) is 11.9 Å². The van der Waals surface area contributed by atoms with Gasteiger partial charge in [0.2, 0.25) is 0 Å². The zero-order valence-corrected chi connectivity index (χ0v) is 8.75. The average molecular weight is 222 g/mol. The summed E-state index contributed by atoms with van der Waals surface area (Å²) in [5, 5.41) is 6.00. The van der Waals surface area contributed by atoms with Crippen LogP contribution >= 0.6 is 11.8 Å². The maximum atomic E-state index is 11.4. The Kier molecular flexibility index (Phi) is 3.18. The van der Waals surface area contributed by atoms with Gasteiger partial charge in [-0.15, -0.1) is 0 Å². The van der Waals surface area contributed by atoms with E-state index in [9.17, 15) is 4.79 Å². The second-order valence-electron chi connectivity index (χ2n) is 2.86. The molecular weight excluding hydrogens is 212 g/mol. The fourth-order valence-corrected chi connectivity index (χ4v) is 1.83. The quantitative estimate of drug-likeness (QED) is 0.752. The lowest BCUT2D eigenvalue weighted by Gasteiger charge is -2.05. The molecule has 1 aliphatic rings. The number of hydrogen-bond donors (Lipinski definition) is 2. The predicted molar refractivity (Wildman–Crippen MR) is 61.2 cm³/mol. The average Bonchev–Trinajstić information content (AvgIpc) is 2.71. The normalized spacial score (nSPS) is 14.5. The molecule has 0 saturated heterocycles. The van der Waals surface area contributed by atoms with Crippen LogP contribution in [0.5, 0.6) is 0 Å². The van der Waals surface area contributed by atoms with E-state index < -0.39 is 0 Å². The lowest BCUT2D eigenvalue weighted by Crippen LogP contribution is -2.31. The van der Waals surface area contributed by atoms with Crippen molar-refractivity contribution in [2.75, 3.05) is 17.6 Å². The van der Waals surface area contributed by atoms with Gasteiger partial charge in [0.25, 0.3) is 0 Å². The van der Waals surface area contributed by atoms with Crippen molar-refractivity contribution in [3.8, 4) is 0 Å². The van der Waals surface area contributed by atoms with Gasteiger partial charge in [-0.25, -0.2) is 4.79 Å². The van der Waals surface area contributed by atoms with Crippen LogP contribution in [0.25, 0.3) is 0 Å². The van der Waals surface area contributed by atoms with E-state index in [1.165, 1.54) is 0 Å². The highest BCUT2D eigenvalue weighted by atomic mass is 32.2. The summed E-state index contributed by atoms with van der Waals surface area (Å²) in [6, 6.07) is 3.25. The van der Waals surface area contributed by atoms with Crippen molar-refractivity contribution in [3.63, 3.8) is 0 Å². The number of carbonyl (C=O) groups excluding carboxylic acids is 1. The maximum absolute atomic E-state index is 11.4. The van der Waals surface area contributed by atoms with Gasteiger partial charge >= 0.3 is 6.03 Å². The number of thioether (sulfide) groups is 1. The third-order valence-electron chi connectivity index (χ3n) is 1.73. The summed E-state index contributed by atoms with van der Waals surface area (Å²) in [6.07, 6.45) is 3.24. The smallest absolute Gasteiger partial charge is 0.306 e. The summed E-state index contributed by atoms with van der Waals surface area (Å²) in [7, 11) is 0. The van der Waals surface area contributed by atoms with Crippen LogP contribution in [0.3, 0.4) is 0 Å². The fourth-order valence-electron chi connectivity index (χ4n) is 1.11. The second kappa shape index (κ2) is 4.79. The van der Waals surface area contributed by atoms with Crippen LogP contribution in [0, 0.1) is 0 Å². The first-order valence-corrected chi connectivity index (χ1v) is 5.48. The first-order valence-electron chi connectivity index (χ1n) is 4.50. The van der Waals surface area contributed by atoms with E-state index in [1.807, 2.05) is 0 Å². The third-order valence-corrected chi connectivity index (χ3v) is 2.62. The zero-order valence-electron chi connectivity index (χ0n) is 7.93. The number of pyridine rings is 1. The Morgan fingerprint density at radius 3 is 3.07 bits per heavy atom. The molecule has 1 aromatic heterocycles. The highest BCUT2D eigenvalue weighted by Crippen LogP contribution is 2.09. The third kappa shape index (κ3) is 2.95. The van der Waals surface area contributed by atoms with Crippen molar-refractivity contribution in [2.45, 2.75) is 0 Å². The van der Waals surface area contributed by atoms with Crippen molar-refractivity contribution in [1.82, 2.24) is 10.3 Å². The molecule has 2 amide bonds. The molecular formula is C9H10N4OS. The Balaban J connectivity index is 1.87. The largest absolute Gasteiger partial charge is 0.325 e. The van der Waals surface area contributed by atoms with E-state index in [-0.39, 0.29) is 6.03 Å². The molecule has 0 aliphatic carbocycles. The number of anilines is 1. The number of aliphatic imine (C=N–C) groups is 1. The van der Waals surface area contributed by atoms with Crippen LogP contribution in [0.15, 0.2) is 29.5 Å². The molecule has 2 heterocycles. The summed E-state index contributed by atoms with van der Waals surface area (Å²) in [6.45, 7) is 0.771. The molecule has 0 fully saturated rings. The molecule has 78 valence electrons. The fraction of sp³-hybridized carbons (Fsp3) is 0.222. The van der Waals surface area contributed by atoms with Gasteiger partial charge in [0.15, 0.2) is 5.17 Å². The highest BCUT2D eigenvalue weighted by Gasteiger charge is 2.10. The van der Waals surface area contributed by atoms with Crippen molar-refractivity contribution in [1.29, 1.82) is 0 Å². The minimum absolute atomic E-state index is 0.281. The van der Waals surface area contributed by atoms with E-state index in [0.29, 0.717) is 10.9 Å². The number of urea groups is 1. The lowest BCUT2D eigenvalue weighted by atomic mass is 10.4. The maximum Gasteiger partial charge on any atom is 0.325 e. The molecule has 2 rings (SSSR count). The van der Waals surface area contributed by atoms with E-state index in [1.54, 1.807) is 36.3 Å². The number of aromatic nitrogens is 1. The predicted octanol–water partition coefficient (Wildman–Crippen LogP) is 1.31. The van der Waals surface area contributed by atoms with Crippen molar-refractivity contribution in [2.24, 2.45) is 4.99 Å². The van der Waals surface area contributed by atoms with Gasteiger partial charge in [0.1, 0.15) is 0 Å². The topological polar surface area (TPSA) is 66.4 Å². The summed E-state index contributed by atoms with van der Waals surface area (Å²) < 4.78 is 0. The minimum atomic E-state index is -0.281. The highest BCUT2D eigenvalue weighted by molar-refractivity contribution is 8.14. The first-order chi connectivity index (χ1) is 7.34. The number of nitrogens with zero attached hydrogens (tertiary/aromatic N) is 2. The molecule has 6 heteroatoms. The Morgan fingerprint density at radius 2 is 2.40 bits per heavy atom. The molecule has 1 aromatic rings. The number of amidine groups is 1. The molecule has 0 aromatic carbocycles. The Hall–Kier alpha value is -1.56. The molecule has 0 spiro atoms. The second-order valence-corrected chi connectivity index (χ2v) is 3.94. The Morgan fingerprint density at radius 1 is 1.47 bits per heavy atom. The first kappa shape index (κ1) is 9.97. The molecule has 1 aliphatic heterocycles. The number of hydrogen-bond acceptors (Lipinski definition) is 4. The minimum Gasteiger partial charge on any atom is -0.306 e. The van der Waals surface area contributed by atoms with Gasteiger partial charge in [-0.2, -0.15) is 0 Å². The van der Waals surface area contributed by atoms with Gasteiger partial charge in [-0.05, 0) is 12.1 Å². The van der Waals surface area contributed by atoms with Crippen molar-refractivity contribution in [3.05, 3.63) is 24.5 Å². The molecule has 0 atom stereocenters. The summed E-state index contributed by atoms with van der Waals surface area (Å²) in [5.74, 6) is 0.933. The van der Waals surface area contributed by atoms with Gasteiger partial charge in [0.05, 0.1) is 18.4 Å². The van der Waals surface area contributed by atoms with Gasteiger partial charge in [-0.1, -0.05) is 11.8 Å². The molecule has 5 nitrogen and oxygen atoms in total. The van der Waals surface area contributed by atoms with E-state index in [0.717, 1.165) is 12.3 Å². The van der Waals surface area contributed by atoms with Crippen LogP contribution in [0.4, 0.5) is 10.5 Å². The monoisotopic (exact) mass is 222 g/mol. The van der Waals surface area contributed by atoms with Crippen molar-refractivity contribution < 1.29 is 4.79 Å². The van der Waals surface area contributed by atoms with E-state index >= 15 is 0 Å². The van der Waals surface area contributed by atoms with Crippen molar-refractivity contribution >= 4 is 28.6 Å². The SMILES string of the molecule is O=C(NC1=NCCS1)Nc1cccnc1. The Bertz CT molecular complexity index is 379. The molecule has 0 unspecified atom stereocenters. The molecule has 0 bridgehead atoms. The van der Waals surface area contributed by atoms with Crippen LogP contribution in [0.2, 0.25) is 0 Å². The van der Waals surface area contributed by atoms with Gasteiger partial charge < -0.3 is 5.32 Å². The van der Waals surface area contributed by atoms with Crippen LogP contribution in [0.1, 0.15) is 0 Å². The summed E-state index contributed by atoms with van der Waals surface area (Å²) >= 11 is 1.54. The number of rotatable bonds is 1. The van der Waals surface area contributed by atoms with Gasteiger partial charge in [-0.3, -0.25) is 15.3 Å². The van der Waals surface area contributed by atoms with E-state index in [2.05, 4.69) is 20.6 Å². The summed E-state index contributed by atoms with van der Waals surface area (Å²) in [4.78, 5) is 19.4. The zero-order chi connectivity index (χ0) is 10.5. The molecule has 0 radical (unpaired) electrons. The van der Waals surface area contributed by atoms with Crippen LogP contribution < -0.4 is 10.6 Å². The summed E-state index contributed by atoms with van der Waals surface area (Å²) in [5.41, 5.74) is 0.665.